The molecule has 1 aromatic heterocycles. The quantitative estimate of drug-likeness (QED) is 0.794. The van der Waals surface area contributed by atoms with Gasteiger partial charge in [0.15, 0.2) is 0 Å². The largest absolute Gasteiger partial charge is 0.384 e. The molecule has 4 nitrogen and oxygen atoms in total. The highest BCUT2D eigenvalue weighted by Crippen LogP contribution is 2.18. The highest BCUT2D eigenvalue weighted by molar-refractivity contribution is 5.92. The fourth-order valence-corrected chi connectivity index (χ4v) is 2.46. The number of carbonyl (C=O) groups excluding carboxylic acids is 1. The zero-order valence-electron chi connectivity index (χ0n) is 11.8. The molecule has 2 rings (SSSR count). The molecule has 2 heterocycles. The highest BCUT2D eigenvalue weighted by atomic mass is 16.2. The molecule has 0 radical (unpaired) electrons. The smallest absolute Gasteiger partial charge is 0.272 e. The SMILES string of the molecule is CC1CCCCCN1C(=O)c1ccc(C#CCO)cn1. The van der Waals surface area contributed by atoms with E-state index in [1.165, 1.54) is 12.8 Å². The number of hydrogen-bond donors (Lipinski definition) is 1. The monoisotopic (exact) mass is 272 g/mol. The first-order chi connectivity index (χ1) is 9.72. The van der Waals surface area contributed by atoms with Crippen LogP contribution < -0.4 is 0 Å². The van der Waals surface area contributed by atoms with E-state index in [1.54, 1.807) is 18.3 Å². The predicted octanol–water partition coefficient (Wildman–Crippen LogP) is 1.83. The minimum atomic E-state index is -0.175. The van der Waals surface area contributed by atoms with E-state index in [9.17, 15) is 4.79 Å². The van der Waals surface area contributed by atoms with E-state index in [0.29, 0.717) is 11.3 Å². The summed E-state index contributed by atoms with van der Waals surface area (Å²) in [5, 5.41) is 8.64. The van der Waals surface area contributed by atoms with Crippen molar-refractivity contribution < 1.29 is 9.90 Å². The lowest BCUT2D eigenvalue weighted by atomic mass is 10.1. The summed E-state index contributed by atoms with van der Waals surface area (Å²) in [7, 11) is 0. The number of rotatable bonds is 1. The molecule has 0 bridgehead atoms. The van der Waals surface area contributed by atoms with Gasteiger partial charge in [-0.15, -0.1) is 0 Å². The summed E-state index contributed by atoms with van der Waals surface area (Å²) in [6.07, 6.45) is 6.09. The molecule has 1 atom stereocenters. The molecule has 1 unspecified atom stereocenters. The minimum Gasteiger partial charge on any atom is -0.384 e. The third-order valence-electron chi connectivity index (χ3n) is 3.61. The fourth-order valence-electron chi connectivity index (χ4n) is 2.46. The number of nitrogens with zero attached hydrogens (tertiary/aromatic N) is 2. The maximum atomic E-state index is 12.5. The molecule has 4 heteroatoms. The van der Waals surface area contributed by atoms with Crippen molar-refractivity contribution in [2.24, 2.45) is 0 Å². The van der Waals surface area contributed by atoms with Crippen molar-refractivity contribution in [2.75, 3.05) is 13.2 Å². The van der Waals surface area contributed by atoms with Gasteiger partial charge < -0.3 is 10.0 Å². The zero-order valence-corrected chi connectivity index (χ0v) is 11.8. The van der Waals surface area contributed by atoms with Gasteiger partial charge in [0.1, 0.15) is 12.3 Å². The van der Waals surface area contributed by atoms with Crippen LogP contribution in [0.3, 0.4) is 0 Å². The second-order valence-electron chi connectivity index (χ2n) is 5.09. The topological polar surface area (TPSA) is 53.4 Å². The molecular formula is C16H20N2O2. The molecule has 1 fully saturated rings. The Kier molecular flexibility index (Phi) is 5.14. The van der Waals surface area contributed by atoms with Crippen molar-refractivity contribution in [1.29, 1.82) is 0 Å². The van der Waals surface area contributed by atoms with Gasteiger partial charge in [0.2, 0.25) is 0 Å². The van der Waals surface area contributed by atoms with E-state index >= 15 is 0 Å². The van der Waals surface area contributed by atoms with Crippen LogP contribution in [0.25, 0.3) is 0 Å². The lowest BCUT2D eigenvalue weighted by Crippen LogP contribution is -2.38. The summed E-state index contributed by atoms with van der Waals surface area (Å²) in [5.41, 5.74) is 1.17. The molecule has 0 spiro atoms. The average molecular weight is 272 g/mol. The molecule has 0 aromatic carbocycles. The summed E-state index contributed by atoms with van der Waals surface area (Å²) in [4.78, 5) is 18.6. The lowest BCUT2D eigenvalue weighted by Gasteiger charge is -2.26. The molecule has 0 saturated carbocycles. The number of aromatic nitrogens is 1. The van der Waals surface area contributed by atoms with Crippen LogP contribution in [0, 0.1) is 11.8 Å². The van der Waals surface area contributed by atoms with E-state index < -0.39 is 0 Å². The maximum Gasteiger partial charge on any atom is 0.272 e. The first-order valence-electron chi connectivity index (χ1n) is 7.09. The summed E-state index contributed by atoms with van der Waals surface area (Å²) in [5.74, 6) is 5.33. The normalized spacial score (nSPS) is 18.9. The van der Waals surface area contributed by atoms with Crippen LogP contribution in [-0.4, -0.2) is 40.1 Å². The molecule has 1 aromatic rings. The highest BCUT2D eigenvalue weighted by Gasteiger charge is 2.23. The Morgan fingerprint density at radius 2 is 2.30 bits per heavy atom. The molecule has 1 aliphatic heterocycles. The van der Waals surface area contributed by atoms with E-state index in [1.807, 2.05) is 4.90 Å². The van der Waals surface area contributed by atoms with Crippen LogP contribution in [0.5, 0.6) is 0 Å². The zero-order chi connectivity index (χ0) is 14.4. The summed E-state index contributed by atoms with van der Waals surface area (Å²) in [6, 6.07) is 3.76. The Hall–Kier alpha value is -1.86. The van der Waals surface area contributed by atoms with Gasteiger partial charge in [-0.25, -0.2) is 4.98 Å². The number of likely N-dealkylation sites (tertiary alicyclic amines) is 1. The number of amides is 1. The number of carbonyl (C=O) groups is 1. The van der Waals surface area contributed by atoms with Crippen molar-refractivity contribution in [3.05, 3.63) is 29.6 Å². The van der Waals surface area contributed by atoms with Gasteiger partial charge in [-0.05, 0) is 31.9 Å². The second kappa shape index (κ2) is 7.06. The van der Waals surface area contributed by atoms with E-state index in [4.69, 9.17) is 5.11 Å². The van der Waals surface area contributed by atoms with Crippen LogP contribution >= 0.6 is 0 Å². The van der Waals surface area contributed by atoms with Crippen molar-refractivity contribution in [3.63, 3.8) is 0 Å². The fraction of sp³-hybridized carbons (Fsp3) is 0.500. The maximum absolute atomic E-state index is 12.5. The van der Waals surface area contributed by atoms with Crippen LogP contribution in [0.2, 0.25) is 0 Å². The van der Waals surface area contributed by atoms with Gasteiger partial charge >= 0.3 is 0 Å². The van der Waals surface area contributed by atoms with Gasteiger partial charge in [-0.2, -0.15) is 0 Å². The van der Waals surface area contributed by atoms with Crippen molar-refractivity contribution in [3.8, 4) is 11.8 Å². The van der Waals surface area contributed by atoms with Crippen LogP contribution in [0.1, 0.15) is 48.7 Å². The Bertz CT molecular complexity index is 514. The first kappa shape index (κ1) is 14.5. The lowest BCUT2D eigenvalue weighted by molar-refractivity contribution is 0.0692. The van der Waals surface area contributed by atoms with Crippen LogP contribution in [0.4, 0.5) is 0 Å². The Labute approximate surface area is 119 Å². The predicted molar refractivity (Wildman–Crippen MR) is 77.2 cm³/mol. The Morgan fingerprint density at radius 1 is 1.45 bits per heavy atom. The van der Waals surface area contributed by atoms with Gasteiger partial charge in [-0.3, -0.25) is 4.79 Å². The number of aliphatic hydroxyl groups excluding tert-OH is 1. The molecule has 1 N–H and O–H groups in total. The van der Waals surface area contributed by atoms with E-state index in [0.717, 1.165) is 19.4 Å². The van der Waals surface area contributed by atoms with Crippen LogP contribution in [-0.2, 0) is 0 Å². The van der Waals surface area contributed by atoms with E-state index in [-0.39, 0.29) is 18.6 Å². The van der Waals surface area contributed by atoms with E-state index in [2.05, 4.69) is 23.7 Å². The standard InChI is InChI=1S/C16H20N2O2/c1-13-6-3-2-4-10-18(13)16(20)15-9-8-14(12-17-15)7-5-11-19/h8-9,12-13,19H,2-4,6,10-11H2,1H3. The molecule has 1 amide bonds. The second-order valence-corrected chi connectivity index (χ2v) is 5.09. The number of aliphatic hydroxyl groups is 1. The first-order valence-corrected chi connectivity index (χ1v) is 7.09. The number of pyridine rings is 1. The minimum absolute atomic E-state index is 0.000988. The third kappa shape index (κ3) is 3.58. The summed E-state index contributed by atoms with van der Waals surface area (Å²) < 4.78 is 0. The summed E-state index contributed by atoms with van der Waals surface area (Å²) in [6.45, 7) is 2.74. The van der Waals surface area contributed by atoms with Gasteiger partial charge in [0, 0.05) is 24.3 Å². The van der Waals surface area contributed by atoms with Crippen molar-refractivity contribution in [2.45, 2.75) is 38.6 Å². The molecule has 20 heavy (non-hydrogen) atoms. The Balaban J connectivity index is 2.11. The van der Waals surface area contributed by atoms with Gasteiger partial charge in [0.05, 0.1) is 0 Å². The van der Waals surface area contributed by atoms with Gasteiger partial charge in [0.25, 0.3) is 5.91 Å². The molecule has 0 aliphatic carbocycles. The van der Waals surface area contributed by atoms with Gasteiger partial charge in [-0.1, -0.05) is 24.7 Å². The Morgan fingerprint density at radius 3 is 3.00 bits per heavy atom. The summed E-state index contributed by atoms with van der Waals surface area (Å²) >= 11 is 0. The molecular weight excluding hydrogens is 252 g/mol. The van der Waals surface area contributed by atoms with Crippen LogP contribution in [0.15, 0.2) is 18.3 Å². The molecule has 1 saturated heterocycles. The third-order valence-corrected chi connectivity index (χ3v) is 3.61. The molecule has 1 aliphatic rings. The molecule has 106 valence electrons. The van der Waals surface area contributed by atoms with Crippen molar-refractivity contribution >= 4 is 5.91 Å². The average Bonchev–Trinajstić information content (AvgIpc) is 2.69. The number of hydrogen-bond acceptors (Lipinski definition) is 3. The van der Waals surface area contributed by atoms with Crippen molar-refractivity contribution in [1.82, 2.24) is 9.88 Å².